The molecule has 0 saturated carbocycles. The standard InChI is InChI=1S/C13H19N/c1-9-6-13(7-10(2)11(9)3)12-4-5-14-8-12/h6-7,12,14H,4-5,8H2,1-3H3. The Labute approximate surface area is 86.5 Å². The Morgan fingerprint density at radius 3 is 2.29 bits per heavy atom. The van der Waals surface area contributed by atoms with Gasteiger partial charge in [0.25, 0.3) is 0 Å². The number of hydrogen-bond donors (Lipinski definition) is 1. The third-order valence-corrected chi connectivity index (χ3v) is 3.48. The minimum absolute atomic E-state index is 0.744. The largest absolute Gasteiger partial charge is 0.316 e. The van der Waals surface area contributed by atoms with Gasteiger partial charge in [-0.2, -0.15) is 0 Å². The van der Waals surface area contributed by atoms with E-state index in [1.54, 1.807) is 0 Å². The summed E-state index contributed by atoms with van der Waals surface area (Å²) in [6, 6.07) is 4.72. The summed E-state index contributed by atoms with van der Waals surface area (Å²) in [5.41, 5.74) is 5.84. The lowest BCUT2D eigenvalue weighted by Gasteiger charge is -2.13. The summed E-state index contributed by atoms with van der Waals surface area (Å²) in [7, 11) is 0. The summed E-state index contributed by atoms with van der Waals surface area (Å²) in [6.07, 6.45) is 1.29. The zero-order chi connectivity index (χ0) is 10.1. The minimum Gasteiger partial charge on any atom is -0.316 e. The van der Waals surface area contributed by atoms with E-state index in [9.17, 15) is 0 Å². The van der Waals surface area contributed by atoms with E-state index in [0.29, 0.717) is 0 Å². The van der Waals surface area contributed by atoms with E-state index < -0.39 is 0 Å². The first kappa shape index (κ1) is 9.72. The molecule has 1 aliphatic heterocycles. The van der Waals surface area contributed by atoms with Gasteiger partial charge in [-0.15, -0.1) is 0 Å². The third kappa shape index (κ3) is 1.69. The maximum atomic E-state index is 3.42. The summed E-state index contributed by atoms with van der Waals surface area (Å²) in [5, 5.41) is 3.42. The first-order chi connectivity index (χ1) is 6.68. The van der Waals surface area contributed by atoms with Crippen molar-refractivity contribution >= 4 is 0 Å². The van der Waals surface area contributed by atoms with Crippen LogP contribution in [0.5, 0.6) is 0 Å². The Kier molecular flexibility index (Phi) is 2.60. The van der Waals surface area contributed by atoms with Crippen molar-refractivity contribution in [2.45, 2.75) is 33.1 Å². The first-order valence-corrected chi connectivity index (χ1v) is 5.47. The Morgan fingerprint density at radius 1 is 1.14 bits per heavy atom. The molecule has 0 bridgehead atoms. The van der Waals surface area contributed by atoms with Gasteiger partial charge in [-0.25, -0.2) is 0 Å². The van der Waals surface area contributed by atoms with Gasteiger partial charge in [-0.3, -0.25) is 0 Å². The van der Waals surface area contributed by atoms with Crippen LogP contribution in [0.2, 0.25) is 0 Å². The van der Waals surface area contributed by atoms with E-state index >= 15 is 0 Å². The van der Waals surface area contributed by atoms with Crippen LogP contribution in [0.15, 0.2) is 12.1 Å². The van der Waals surface area contributed by atoms with Crippen LogP contribution in [0.3, 0.4) is 0 Å². The lowest BCUT2D eigenvalue weighted by Crippen LogP contribution is -2.08. The SMILES string of the molecule is Cc1cc(C2CCNC2)cc(C)c1C. The number of benzene rings is 1. The van der Waals surface area contributed by atoms with Gasteiger partial charge in [0, 0.05) is 6.54 Å². The molecule has 1 heterocycles. The maximum Gasteiger partial charge on any atom is 0.00206 e. The molecule has 0 aliphatic carbocycles. The second-order valence-corrected chi connectivity index (χ2v) is 4.47. The second kappa shape index (κ2) is 3.74. The van der Waals surface area contributed by atoms with Crippen molar-refractivity contribution in [3.05, 3.63) is 34.4 Å². The van der Waals surface area contributed by atoms with Crippen molar-refractivity contribution in [3.63, 3.8) is 0 Å². The zero-order valence-corrected chi connectivity index (χ0v) is 9.35. The molecule has 1 aromatic carbocycles. The number of rotatable bonds is 1. The minimum atomic E-state index is 0.744. The fourth-order valence-corrected chi connectivity index (χ4v) is 2.24. The van der Waals surface area contributed by atoms with Gasteiger partial charge in [0.15, 0.2) is 0 Å². The molecule has 0 spiro atoms. The Bertz CT molecular complexity index is 312. The highest BCUT2D eigenvalue weighted by Gasteiger charge is 2.17. The predicted octanol–water partition coefficient (Wildman–Crippen LogP) is 2.69. The summed E-state index contributed by atoms with van der Waals surface area (Å²) in [4.78, 5) is 0. The summed E-state index contributed by atoms with van der Waals surface area (Å²) in [6.45, 7) is 8.97. The van der Waals surface area contributed by atoms with Crippen LogP contribution in [0.25, 0.3) is 0 Å². The zero-order valence-electron chi connectivity index (χ0n) is 9.35. The highest BCUT2D eigenvalue weighted by molar-refractivity contribution is 5.38. The Hall–Kier alpha value is -0.820. The van der Waals surface area contributed by atoms with E-state index in [0.717, 1.165) is 12.5 Å². The van der Waals surface area contributed by atoms with Gasteiger partial charge in [0.2, 0.25) is 0 Å². The monoisotopic (exact) mass is 189 g/mol. The molecule has 14 heavy (non-hydrogen) atoms. The van der Waals surface area contributed by atoms with Gasteiger partial charge in [-0.1, -0.05) is 12.1 Å². The lowest BCUT2D eigenvalue weighted by molar-refractivity contribution is 0.761. The van der Waals surface area contributed by atoms with Gasteiger partial charge >= 0.3 is 0 Å². The molecular weight excluding hydrogens is 170 g/mol. The van der Waals surface area contributed by atoms with Crippen LogP contribution in [-0.2, 0) is 0 Å². The molecular formula is C13H19N. The maximum absolute atomic E-state index is 3.42. The van der Waals surface area contributed by atoms with Crippen molar-refractivity contribution in [1.82, 2.24) is 5.32 Å². The highest BCUT2D eigenvalue weighted by atomic mass is 14.9. The quantitative estimate of drug-likeness (QED) is 0.716. The lowest BCUT2D eigenvalue weighted by atomic mass is 9.92. The van der Waals surface area contributed by atoms with E-state index in [2.05, 4.69) is 38.2 Å². The number of nitrogens with one attached hydrogen (secondary N) is 1. The van der Waals surface area contributed by atoms with Gasteiger partial charge in [0.05, 0.1) is 0 Å². The Balaban J connectivity index is 2.34. The molecule has 1 aromatic rings. The van der Waals surface area contributed by atoms with Crippen molar-refractivity contribution < 1.29 is 0 Å². The molecule has 1 N–H and O–H groups in total. The number of hydrogen-bond acceptors (Lipinski definition) is 1. The van der Waals surface area contributed by atoms with E-state index in [1.165, 1.54) is 35.2 Å². The molecule has 1 atom stereocenters. The molecule has 1 unspecified atom stereocenters. The fourth-order valence-electron chi connectivity index (χ4n) is 2.24. The molecule has 1 saturated heterocycles. The summed E-state index contributed by atoms with van der Waals surface area (Å²) < 4.78 is 0. The summed E-state index contributed by atoms with van der Waals surface area (Å²) >= 11 is 0. The fraction of sp³-hybridized carbons (Fsp3) is 0.538. The molecule has 0 amide bonds. The van der Waals surface area contributed by atoms with Crippen LogP contribution in [0.1, 0.15) is 34.6 Å². The molecule has 2 rings (SSSR count). The predicted molar refractivity (Wildman–Crippen MR) is 60.9 cm³/mol. The molecule has 1 heteroatoms. The normalized spacial score (nSPS) is 21.5. The highest BCUT2D eigenvalue weighted by Crippen LogP contribution is 2.26. The third-order valence-electron chi connectivity index (χ3n) is 3.48. The molecule has 76 valence electrons. The molecule has 1 nitrogen and oxygen atoms in total. The summed E-state index contributed by atoms with van der Waals surface area (Å²) in [5.74, 6) is 0.744. The molecule has 1 aliphatic rings. The van der Waals surface area contributed by atoms with Gasteiger partial charge < -0.3 is 5.32 Å². The van der Waals surface area contributed by atoms with Crippen LogP contribution < -0.4 is 5.32 Å². The molecule has 0 radical (unpaired) electrons. The van der Waals surface area contributed by atoms with Crippen molar-refractivity contribution in [2.24, 2.45) is 0 Å². The first-order valence-electron chi connectivity index (χ1n) is 5.47. The van der Waals surface area contributed by atoms with Gasteiger partial charge in [0.1, 0.15) is 0 Å². The van der Waals surface area contributed by atoms with Crippen molar-refractivity contribution in [1.29, 1.82) is 0 Å². The van der Waals surface area contributed by atoms with Crippen LogP contribution in [0, 0.1) is 20.8 Å². The molecule has 1 fully saturated rings. The average Bonchev–Trinajstić information content (AvgIpc) is 2.66. The van der Waals surface area contributed by atoms with Crippen molar-refractivity contribution in [2.75, 3.05) is 13.1 Å². The van der Waals surface area contributed by atoms with Crippen LogP contribution in [-0.4, -0.2) is 13.1 Å². The second-order valence-electron chi connectivity index (χ2n) is 4.47. The van der Waals surface area contributed by atoms with Crippen LogP contribution in [0.4, 0.5) is 0 Å². The molecule has 0 aromatic heterocycles. The van der Waals surface area contributed by atoms with Gasteiger partial charge in [-0.05, 0) is 61.9 Å². The van der Waals surface area contributed by atoms with E-state index in [1.807, 2.05) is 0 Å². The van der Waals surface area contributed by atoms with E-state index in [4.69, 9.17) is 0 Å². The van der Waals surface area contributed by atoms with E-state index in [-0.39, 0.29) is 0 Å². The number of aryl methyl sites for hydroxylation is 2. The average molecular weight is 189 g/mol. The topological polar surface area (TPSA) is 12.0 Å². The van der Waals surface area contributed by atoms with Crippen LogP contribution >= 0.6 is 0 Å². The Morgan fingerprint density at radius 2 is 1.79 bits per heavy atom. The van der Waals surface area contributed by atoms with Crippen molar-refractivity contribution in [3.8, 4) is 0 Å². The smallest absolute Gasteiger partial charge is 0.00206 e.